The average molecular weight is 464 g/mol. The predicted octanol–water partition coefficient (Wildman–Crippen LogP) is 4.87. The van der Waals surface area contributed by atoms with Crippen molar-refractivity contribution >= 4 is 29.0 Å². The Hall–Kier alpha value is -2.77. The van der Waals surface area contributed by atoms with Crippen molar-refractivity contribution in [2.24, 2.45) is 0 Å². The van der Waals surface area contributed by atoms with Gasteiger partial charge in [0.1, 0.15) is 0 Å². The van der Waals surface area contributed by atoms with E-state index in [2.05, 4.69) is 75.8 Å². The Balaban J connectivity index is 1.33. The fourth-order valence-electron chi connectivity index (χ4n) is 4.18. The number of piperazine rings is 1. The van der Waals surface area contributed by atoms with Crippen LogP contribution in [0.2, 0.25) is 0 Å². The Kier molecular flexibility index (Phi) is 7.73. The van der Waals surface area contributed by atoms with Gasteiger partial charge in [-0.2, -0.15) is 0 Å². The van der Waals surface area contributed by atoms with Crippen LogP contribution < -0.4 is 10.2 Å². The van der Waals surface area contributed by atoms with Gasteiger partial charge in [0.25, 0.3) is 0 Å². The number of benzene rings is 2. The second-order valence-corrected chi connectivity index (χ2v) is 9.54. The minimum absolute atomic E-state index is 0.0315. The first-order chi connectivity index (χ1) is 16.0. The highest BCUT2D eigenvalue weighted by atomic mass is 32.2. The average Bonchev–Trinajstić information content (AvgIpc) is 3.32. The summed E-state index contributed by atoms with van der Waals surface area (Å²) in [6, 6.07) is 16.5. The topological polar surface area (TPSA) is 53.4 Å². The highest BCUT2D eigenvalue weighted by Gasteiger charge is 2.16. The van der Waals surface area contributed by atoms with Gasteiger partial charge in [-0.3, -0.25) is 9.36 Å². The lowest BCUT2D eigenvalue weighted by Crippen LogP contribution is -2.46. The van der Waals surface area contributed by atoms with Crippen LogP contribution in [0, 0.1) is 0 Å². The van der Waals surface area contributed by atoms with E-state index in [0.29, 0.717) is 11.7 Å². The molecule has 1 aliphatic heterocycles. The van der Waals surface area contributed by atoms with Crippen LogP contribution in [0.5, 0.6) is 0 Å². The van der Waals surface area contributed by atoms with Crippen molar-refractivity contribution < 1.29 is 4.79 Å². The van der Waals surface area contributed by atoms with E-state index >= 15 is 0 Å². The molecule has 1 saturated heterocycles. The van der Waals surface area contributed by atoms with Crippen LogP contribution in [0.1, 0.15) is 32.3 Å². The number of rotatable bonds is 8. The molecule has 0 spiro atoms. The number of carbonyl (C=O) groups is 1. The van der Waals surface area contributed by atoms with Gasteiger partial charge in [0.05, 0.1) is 11.4 Å². The van der Waals surface area contributed by atoms with Crippen LogP contribution in [0.3, 0.4) is 0 Å². The fourth-order valence-corrected chi connectivity index (χ4v) is 4.95. The second kappa shape index (κ2) is 10.9. The normalized spacial score (nSPS) is 14.6. The molecule has 1 aromatic heterocycles. The lowest BCUT2D eigenvalue weighted by Gasteiger charge is -2.35. The Morgan fingerprint density at radius 3 is 2.48 bits per heavy atom. The van der Waals surface area contributed by atoms with E-state index in [0.717, 1.165) is 49.3 Å². The number of thioether (sulfide) groups is 1. The van der Waals surface area contributed by atoms with Crippen LogP contribution in [-0.4, -0.2) is 58.8 Å². The summed E-state index contributed by atoms with van der Waals surface area (Å²) < 4.78 is 2.07. The SMILES string of the molecule is CCN1CCN(c2ccc(NC(=O)CSc3nccn3-c3ccccc3C(C)C)cc2)CC1. The van der Waals surface area contributed by atoms with Crippen LogP contribution in [0.4, 0.5) is 11.4 Å². The van der Waals surface area contributed by atoms with Crippen LogP contribution >= 0.6 is 11.8 Å². The van der Waals surface area contributed by atoms with E-state index in [4.69, 9.17) is 0 Å². The number of likely N-dealkylation sites (N-methyl/N-ethyl adjacent to an activating group) is 1. The smallest absolute Gasteiger partial charge is 0.234 e. The summed E-state index contributed by atoms with van der Waals surface area (Å²) in [5.41, 5.74) is 4.41. The fraction of sp³-hybridized carbons (Fsp3) is 0.385. The van der Waals surface area contributed by atoms with Gasteiger partial charge in [-0.05, 0) is 48.4 Å². The van der Waals surface area contributed by atoms with Gasteiger partial charge in [-0.25, -0.2) is 4.98 Å². The molecule has 2 aromatic carbocycles. The summed E-state index contributed by atoms with van der Waals surface area (Å²) >= 11 is 1.45. The molecule has 6 nitrogen and oxygen atoms in total. The van der Waals surface area contributed by atoms with E-state index in [1.54, 1.807) is 6.20 Å². The first kappa shape index (κ1) is 23.4. The number of anilines is 2. The Labute approximate surface area is 201 Å². The Morgan fingerprint density at radius 1 is 1.06 bits per heavy atom. The Morgan fingerprint density at radius 2 is 1.79 bits per heavy atom. The van der Waals surface area contributed by atoms with Crippen molar-refractivity contribution in [2.45, 2.75) is 31.8 Å². The molecule has 0 atom stereocenters. The number of imidazole rings is 1. The number of aromatic nitrogens is 2. The molecule has 4 rings (SSSR count). The first-order valence-corrected chi connectivity index (χ1v) is 12.7. The number of nitrogens with one attached hydrogen (secondary N) is 1. The number of para-hydroxylation sites is 1. The summed E-state index contributed by atoms with van der Waals surface area (Å²) in [7, 11) is 0. The van der Waals surface area contributed by atoms with Gasteiger partial charge in [-0.15, -0.1) is 0 Å². The van der Waals surface area contributed by atoms with Crippen molar-refractivity contribution in [3.63, 3.8) is 0 Å². The molecule has 174 valence electrons. The predicted molar refractivity (Wildman–Crippen MR) is 138 cm³/mol. The molecule has 0 bridgehead atoms. The molecule has 1 N–H and O–H groups in total. The lowest BCUT2D eigenvalue weighted by atomic mass is 10.0. The minimum Gasteiger partial charge on any atom is -0.369 e. The van der Waals surface area contributed by atoms with Gasteiger partial charge in [0.2, 0.25) is 5.91 Å². The van der Waals surface area contributed by atoms with Gasteiger partial charge in [0, 0.05) is 49.9 Å². The monoisotopic (exact) mass is 463 g/mol. The highest BCUT2D eigenvalue weighted by molar-refractivity contribution is 7.99. The summed E-state index contributed by atoms with van der Waals surface area (Å²) in [4.78, 5) is 22.0. The van der Waals surface area contributed by atoms with Crippen molar-refractivity contribution in [3.05, 3.63) is 66.5 Å². The van der Waals surface area contributed by atoms with Gasteiger partial charge in [-0.1, -0.05) is 50.7 Å². The maximum absolute atomic E-state index is 12.6. The highest BCUT2D eigenvalue weighted by Crippen LogP contribution is 2.27. The molecule has 33 heavy (non-hydrogen) atoms. The molecular formula is C26H33N5OS. The third-order valence-electron chi connectivity index (χ3n) is 6.09. The molecule has 0 unspecified atom stereocenters. The summed E-state index contributed by atoms with van der Waals surface area (Å²) in [6.45, 7) is 12.0. The zero-order valence-corrected chi connectivity index (χ0v) is 20.5. The van der Waals surface area contributed by atoms with E-state index in [9.17, 15) is 4.79 Å². The van der Waals surface area contributed by atoms with E-state index in [-0.39, 0.29) is 5.91 Å². The van der Waals surface area contributed by atoms with Gasteiger partial charge in [0.15, 0.2) is 5.16 Å². The van der Waals surface area contributed by atoms with Crippen molar-refractivity contribution in [1.29, 1.82) is 0 Å². The number of nitrogens with zero attached hydrogens (tertiary/aromatic N) is 4. The number of amides is 1. The lowest BCUT2D eigenvalue weighted by molar-refractivity contribution is -0.113. The van der Waals surface area contributed by atoms with Crippen molar-refractivity contribution in [1.82, 2.24) is 14.5 Å². The van der Waals surface area contributed by atoms with Crippen molar-refractivity contribution in [3.8, 4) is 5.69 Å². The standard InChI is InChI=1S/C26H33N5OS/c1-4-29-15-17-30(18-16-29)22-11-9-21(10-12-22)28-25(32)19-33-26-27-13-14-31(26)24-8-6-5-7-23(24)20(2)3/h5-14,20H,4,15-19H2,1-3H3,(H,28,32). The summed E-state index contributed by atoms with van der Waals surface area (Å²) in [5, 5.41) is 3.84. The molecule has 3 aromatic rings. The van der Waals surface area contributed by atoms with Crippen LogP contribution in [0.25, 0.3) is 5.69 Å². The molecule has 1 fully saturated rings. The summed E-state index contributed by atoms with van der Waals surface area (Å²) in [5.74, 6) is 0.681. The molecule has 2 heterocycles. The van der Waals surface area contributed by atoms with Crippen molar-refractivity contribution in [2.75, 3.05) is 48.7 Å². The number of hydrogen-bond donors (Lipinski definition) is 1. The van der Waals surface area contributed by atoms with E-state index < -0.39 is 0 Å². The maximum Gasteiger partial charge on any atom is 0.234 e. The molecule has 1 aliphatic rings. The second-order valence-electron chi connectivity index (χ2n) is 8.60. The third-order valence-corrected chi connectivity index (χ3v) is 7.06. The molecule has 1 amide bonds. The zero-order chi connectivity index (χ0) is 23.2. The molecule has 0 radical (unpaired) electrons. The molecule has 7 heteroatoms. The zero-order valence-electron chi connectivity index (χ0n) is 19.7. The maximum atomic E-state index is 12.6. The van der Waals surface area contributed by atoms with Gasteiger partial charge >= 0.3 is 0 Å². The third kappa shape index (κ3) is 5.78. The Bertz CT molecular complexity index is 1050. The first-order valence-electron chi connectivity index (χ1n) is 11.7. The van der Waals surface area contributed by atoms with E-state index in [1.165, 1.54) is 23.0 Å². The van der Waals surface area contributed by atoms with E-state index in [1.807, 2.05) is 24.4 Å². The number of hydrogen-bond acceptors (Lipinski definition) is 5. The molecule has 0 aliphatic carbocycles. The molecular weight excluding hydrogens is 430 g/mol. The largest absolute Gasteiger partial charge is 0.369 e. The minimum atomic E-state index is -0.0315. The van der Waals surface area contributed by atoms with Crippen LogP contribution in [0.15, 0.2) is 66.1 Å². The van der Waals surface area contributed by atoms with Gasteiger partial charge < -0.3 is 15.1 Å². The quantitative estimate of drug-likeness (QED) is 0.483. The molecule has 0 saturated carbocycles. The van der Waals surface area contributed by atoms with Crippen LogP contribution in [-0.2, 0) is 4.79 Å². The summed E-state index contributed by atoms with van der Waals surface area (Å²) in [6.07, 6.45) is 3.75. The number of carbonyl (C=O) groups excluding carboxylic acids is 1.